The van der Waals surface area contributed by atoms with Crippen molar-refractivity contribution in [1.82, 2.24) is 10.6 Å². The molecule has 4 rings (SSSR count). The van der Waals surface area contributed by atoms with Crippen LogP contribution in [0.1, 0.15) is 58.8 Å². The van der Waals surface area contributed by atoms with Crippen LogP contribution in [-0.2, 0) is 4.74 Å². The Balaban J connectivity index is 1.41. The van der Waals surface area contributed by atoms with E-state index in [0.717, 1.165) is 42.4 Å². The van der Waals surface area contributed by atoms with Gasteiger partial charge in [-0.2, -0.15) is 0 Å². The third-order valence-corrected chi connectivity index (χ3v) is 5.72. The Bertz CT molecular complexity index is 348. The van der Waals surface area contributed by atoms with Crippen LogP contribution in [0, 0.1) is 17.8 Å². The van der Waals surface area contributed by atoms with Crippen LogP contribution in [0.15, 0.2) is 0 Å². The lowest BCUT2D eigenvalue weighted by Crippen LogP contribution is -2.61. The third-order valence-electron chi connectivity index (χ3n) is 5.47. The van der Waals surface area contributed by atoms with Gasteiger partial charge >= 0.3 is 0 Å². The Morgan fingerprint density at radius 2 is 1.71 bits per heavy atom. The number of hydrogen-bond donors (Lipinski definition) is 2. The molecule has 21 heavy (non-hydrogen) atoms. The predicted octanol–water partition coefficient (Wildman–Crippen LogP) is 3.23. The lowest BCUT2D eigenvalue weighted by molar-refractivity contribution is -0.0101. The first kappa shape index (κ1) is 15.5. The maximum Gasteiger partial charge on any atom is 0.166 e. The zero-order valence-electron chi connectivity index (χ0n) is 13.5. The van der Waals surface area contributed by atoms with Gasteiger partial charge in [0.2, 0.25) is 0 Å². The Kier molecular flexibility index (Phi) is 4.75. The fraction of sp³-hybridized carbons (Fsp3) is 0.941. The van der Waals surface area contributed by atoms with E-state index in [4.69, 9.17) is 17.0 Å². The van der Waals surface area contributed by atoms with E-state index in [9.17, 15) is 0 Å². The lowest BCUT2D eigenvalue weighted by Gasteiger charge is -2.57. The fourth-order valence-electron chi connectivity index (χ4n) is 5.14. The second-order valence-electron chi connectivity index (χ2n) is 7.85. The van der Waals surface area contributed by atoms with E-state index in [0.29, 0.717) is 11.6 Å². The van der Waals surface area contributed by atoms with Gasteiger partial charge in [-0.25, -0.2) is 0 Å². The van der Waals surface area contributed by atoms with Gasteiger partial charge in [-0.3, -0.25) is 0 Å². The molecule has 4 saturated carbocycles. The van der Waals surface area contributed by atoms with Crippen LogP contribution in [0.5, 0.6) is 0 Å². The number of thiocarbonyl (C=S) groups is 1. The molecule has 0 amide bonds. The van der Waals surface area contributed by atoms with Crippen LogP contribution < -0.4 is 10.6 Å². The van der Waals surface area contributed by atoms with Crippen molar-refractivity contribution in [2.75, 3.05) is 13.2 Å². The highest BCUT2D eigenvalue weighted by molar-refractivity contribution is 7.80. The molecule has 0 saturated heterocycles. The second-order valence-corrected chi connectivity index (χ2v) is 8.26. The molecule has 0 spiro atoms. The Morgan fingerprint density at radius 3 is 2.24 bits per heavy atom. The van der Waals surface area contributed by atoms with E-state index in [1.165, 1.54) is 38.5 Å². The Morgan fingerprint density at radius 1 is 1.14 bits per heavy atom. The van der Waals surface area contributed by atoms with Crippen LogP contribution in [0.4, 0.5) is 0 Å². The van der Waals surface area contributed by atoms with E-state index in [-0.39, 0.29) is 0 Å². The molecular weight excluding hydrogens is 280 g/mol. The normalized spacial score (nSPS) is 37.0. The average molecular weight is 311 g/mol. The molecule has 0 unspecified atom stereocenters. The molecule has 0 heterocycles. The van der Waals surface area contributed by atoms with E-state index < -0.39 is 0 Å². The minimum Gasteiger partial charge on any atom is -0.379 e. The highest BCUT2D eigenvalue weighted by atomic mass is 32.1. The summed E-state index contributed by atoms with van der Waals surface area (Å²) in [5.41, 5.74) is 0.327. The molecule has 4 aliphatic rings. The molecule has 2 N–H and O–H groups in total. The summed E-state index contributed by atoms with van der Waals surface area (Å²) in [4.78, 5) is 0. The average Bonchev–Trinajstić information content (AvgIpc) is 2.35. The third kappa shape index (κ3) is 3.89. The first-order valence-corrected chi connectivity index (χ1v) is 9.13. The van der Waals surface area contributed by atoms with Gasteiger partial charge in [0.1, 0.15) is 0 Å². The van der Waals surface area contributed by atoms with Crippen LogP contribution in [0.3, 0.4) is 0 Å². The summed E-state index contributed by atoms with van der Waals surface area (Å²) in [6.45, 7) is 5.87. The zero-order chi connectivity index (χ0) is 14.9. The van der Waals surface area contributed by atoms with Crippen LogP contribution >= 0.6 is 12.2 Å². The smallest absolute Gasteiger partial charge is 0.166 e. The molecule has 0 aromatic carbocycles. The number of nitrogens with one attached hydrogen (secondary N) is 2. The topological polar surface area (TPSA) is 33.3 Å². The summed E-state index contributed by atoms with van der Waals surface area (Å²) in [5.74, 6) is 2.89. The Labute approximate surface area is 134 Å². The molecule has 4 fully saturated rings. The van der Waals surface area contributed by atoms with Gasteiger partial charge < -0.3 is 15.4 Å². The quantitative estimate of drug-likeness (QED) is 0.583. The van der Waals surface area contributed by atoms with Crippen molar-refractivity contribution in [3.8, 4) is 0 Å². The van der Waals surface area contributed by atoms with Crippen LogP contribution in [0.2, 0.25) is 0 Å². The summed E-state index contributed by atoms with van der Waals surface area (Å²) in [7, 11) is 0. The summed E-state index contributed by atoms with van der Waals surface area (Å²) in [6.07, 6.45) is 9.81. The van der Waals surface area contributed by atoms with E-state index in [2.05, 4.69) is 24.5 Å². The predicted molar refractivity (Wildman–Crippen MR) is 90.3 cm³/mol. The monoisotopic (exact) mass is 310 g/mol. The molecule has 0 radical (unpaired) electrons. The van der Waals surface area contributed by atoms with Crippen molar-refractivity contribution < 1.29 is 4.74 Å². The molecule has 4 aliphatic carbocycles. The summed E-state index contributed by atoms with van der Waals surface area (Å²) in [5, 5.41) is 7.94. The lowest BCUT2D eigenvalue weighted by atomic mass is 9.53. The van der Waals surface area contributed by atoms with E-state index in [1.54, 1.807) is 0 Å². The van der Waals surface area contributed by atoms with Crippen molar-refractivity contribution in [3.63, 3.8) is 0 Å². The SMILES string of the molecule is CC(C)OCCCNC(=S)NC12CC3CC(CC(C3)C1)C2. The molecule has 0 atom stereocenters. The summed E-state index contributed by atoms with van der Waals surface area (Å²) < 4.78 is 5.55. The van der Waals surface area contributed by atoms with Crippen molar-refractivity contribution in [2.24, 2.45) is 17.8 Å². The number of hydrogen-bond acceptors (Lipinski definition) is 2. The highest BCUT2D eigenvalue weighted by Gasteiger charge is 2.51. The van der Waals surface area contributed by atoms with Gasteiger partial charge in [-0.1, -0.05) is 0 Å². The molecule has 0 aromatic heterocycles. The maximum atomic E-state index is 5.55. The van der Waals surface area contributed by atoms with Gasteiger partial charge in [-0.15, -0.1) is 0 Å². The standard InChI is InChI=1S/C17H30N2OS/c1-12(2)20-5-3-4-18-16(21)19-17-9-13-6-14(10-17)8-15(7-13)11-17/h12-15H,3-11H2,1-2H3,(H2,18,19,21). The number of rotatable bonds is 6. The Hall–Kier alpha value is -0.350. The fourth-order valence-corrected chi connectivity index (χ4v) is 5.46. The van der Waals surface area contributed by atoms with Gasteiger partial charge in [0, 0.05) is 18.7 Å². The summed E-state index contributed by atoms with van der Waals surface area (Å²) >= 11 is 5.53. The molecule has 0 aliphatic heterocycles. The van der Waals surface area contributed by atoms with Gasteiger partial charge in [-0.05, 0) is 88.8 Å². The first-order chi connectivity index (χ1) is 10.0. The van der Waals surface area contributed by atoms with Crippen LogP contribution in [0.25, 0.3) is 0 Å². The molecular formula is C17H30N2OS. The van der Waals surface area contributed by atoms with Crippen molar-refractivity contribution in [3.05, 3.63) is 0 Å². The van der Waals surface area contributed by atoms with Crippen molar-refractivity contribution in [2.45, 2.75) is 70.4 Å². The molecule has 120 valence electrons. The highest BCUT2D eigenvalue weighted by Crippen LogP contribution is 2.55. The van der Waals surface area contributed by atoms with E-state index in [1.807, 2.05) is 0 Å². The molecule has 0 aromatic rings. The minimum atomic E-state index is 0.321. The zero-order valence-corrected chi connectivity index (χ0v) is 14.3. The summed E-state index contributed by atoms with van der Waals surface area (Å²) in [6, 6.07) is 0. The van der Waals surface area contributed by atoms with Crippen molar-refractivity contribution >= 4 is 17.3 Å². The molecule has 3 nitrogen and oxygen atoms in total. The largest absolute Gasteiger partial charge is 0.379 e. The molecule has 4 bridgehead atoms. The van der Waals surface area contributed by atoms with Crippen LogP contribution in [-0.4, -0.2) is 29.9 Å². The van der Waals surface area contributed by atoms with E-state index >= 15 is 0 Å². The molecule has 4 heteroatoms. The minimum absolute atomic E-state index is 0.321. The van der Waals surface area contributed by atoms with Gasteiger partial charge in [0.05, 0.1) is 6.10 Å². The van der Waals surface area contributed by atoms with Crippen molar-refractivity contribution in [1.29, 1.82) is 0 Å². The van der Waals surface area contributed by atoms with Gasteiger partial charge in [0.15, 0.2) is 5.11 Å². The number of ether oxygens (including phenoxy) is 1. The van der Waals surface area contributed by atoms with Gasteiger partial charge in [0.25, 0.3) is 0 Å². The second kappa shape index (κ2) is 6.41. The first-order valence-electron chi connectivity index (χ1n) is 8.72. The maximum absolute atomic E-state index is 5.55.